The van der Waals surface area contributed by atoms with Crippen molar-refractivity contribution in [1.29, 1.82) is 0 Å². The van der Waals surface area contributed by atoms with Gasteiger partial charge in [0.25, 0.3) is 5.91 Å². The second-order valence-corrected chi connectivity index (χ2v) is 6.21. The zero-order valence-corrected chi connectivity index (χ0v) is 15.0. The van der Waals surface area contributed by atoms with Crippen LogP contribution in [0, 0.1) is 18.6 Å². The highest BCUT2D eigenvalue weighted by Crippen LogP contribution is 2.22. The highest BCUT2D eigenvalue weighted by Gasteiger charge is 2.24. The Bertz CT molecular complexity index is 862. The first-order valence-electron chi connectivity index (χ1n) is 8.46. The minimum Gasteiger partial charge on any atom is -0.339 e. The summed E-state index contributed by atoms with van der Waals surface area (Å²) in [5.41, 5.74) is -0.220. The van der Waals surface area contributed by atoms with Crippen LogP contribution in [0.1, 0.15) is 23.2 Å². The number of hydrogen-bond acceptors (Lipinski definition) is 5. The van der Waals surface area contributed by atoms with Gasteiger partial charge >= 0.3 is 0 Å². The fourth-order valence-electron chi connectivity index (χ4n) is 2.87. The second kappa shape index (κ2) is 7.65. The number of carbonyl (C=O) groups is 2. The highest BCUT2D eigenvalue weighted by atomic mass is 19.1. The van der Waals surface area contributed by atoms with Gasteiger partial charge in [0, 0.05) is 39.2 Å². The lowest BCUT2D eigenvalue weighted by atomic mass is 10.2. The molecule has 2 amide bonds. The average Bonchev–Trinajstić information content (AvgIpc) is 2.64. The van der Waals surface area contributed by atoms with Gasteiger partial charge in [0.1, 0.15) is 34.7 Å². The third-order valence-electron chi connectivity index (χ3n) is 4.29. The minimum absolute atomic E-state index is 0.0293. The van der Waals surface area contributed by atoms with Gasteiger partial charge in [-0.1, -0.05) is 6.07 Å². The summed E-state index contributed by atoms with van der Waals surface area (Å²) in [5.74, 6) is -1.46. The molecule has 1 saturated heterocycles. The molecule has 1 fully saturated rings. The number of benzene rings is 1. The Morgan fingerprint density at radius 3 is 2.22 bits per heavy atom. The van der Waals surface area contributed by atoms with E-state index in [0.717, 1.165) is 12.1 Å². The Hall–Kier alpha value is -3.10. The molecule has 1 N–H and O–H groups in total. The number of piperazine rings is 1. The molecule has 9 heteroatoms. The monoisotopic (exact) mass is 375 g/mol. The zero-order chi connectivity index (χ0) is 19.6. The summed E-state index contributed by atoms with van der Waals surface area (Å²) in [7, 11) is 0. The van der Waals surface area contributed by atoms with Gasteiger partial charge in [0.05, 0.1) is 0 Å². The van der Waals surface area contributed by atoms with Gasteiger partial charge in [-0.3, -0.25) is 9.59 Å². The molecule has 7 nitrogen and oxygen atoms in total. The molecule has 0 aliphatic carbocycles. The summed E-state index contributed by atoms with van der Waals surface area (Å²) >= 11 is 0. The van der Waals surface area contributed by atoms with Crippen LogP contribution >= 0.6 is 0 Å². The Labute approximate surface area is 155 Å². The van der Waals surface area contributed by atoms with Crippen LogP contribution in [0.4, 0.5) is 20.3 Å². The maximum Gasteiger partial charge on any atom is 0.272 e. The van der Waals surface area contributed by atoms with E-state index in [9.17, 15) is 18.4 Å². The molecule has 0 bridgehead atoms. The average molecular weight is 375 g/mol. The van der Waals surface area contributed by atoms with E-state index >= 15 is 0 Å². The Morgan fingerprint density at radius 2 is 1.63 bits per heavy atom. The van der Waals surface area contributed by atoms with Gasteiger partial charge in [-0.15, -0.1) is 0 Å². The van der Waals surface area contributed by atoms with E-state index in [-0.39, 0.29) is 29.0 Å². The van der Waals surface area contributed by atoms with E-state index in [4.69, 9.17) is 0 Å². The van der Waals surface area contributed by atoms with E-state index in [1.165, 1.54) is 19.1 Å². The molecule has 2 aromatic rings. The molecule has 1 aromatic heterocycles. The van der Waals surface area contributed by atoms with Gasteiger partial charge in [-0.05, 0) is 19.1 Å². The van der Waals surface area contributed by atoms with Gasteiger partial charge in [0.15, 0.2) is 0 Å². The molecule has 1 aliphatic rings. The second-order valence-electron chi connectivity index (χ2n) is 6.21. The first kappa shape index (κ1) is 18.7. The van der Waals surface area contributed by atoms with Gasteiger partial charge < -0.3 is 15.1 Å². The van der Waals surface area contributed by atoms with Crippen LogP contribution in [-0.4, -0.2) is 57.8 Å². The first-order chi connectivity index (χ1) is 12.8. The third-order valence-corrected chi connectivity index (χ3v) is 4.29. The third kappa shape index (κ3) is 4.18. The van der Waals surface area contributed by atoms with Crippen molar-refractivity contribution < 1.29 is 18.4 Å². The van der Waals surface area contributed by atoms with Crippen LogP contribution in [0.2, 0.25) is 0 Å². The molecule has 0 spiro atoms. The maximum absolute atomic E-state index is 13.8. The number of rotatable bonds is 3. The quantitative estimate of drug-likeness (QED) is 0.889. The van der Waals surface area contributed by atoms with E-state index in [1.807, 2.05) is 0 Å². The number of carbonyl (C=O) groups excluding carboxylic acids is 2. The maximum atomic E-state index is 13.8. The number of amides is 2. The zero-order valence-electron chi connectivity index (χ0n) is 15.0. The Morgan fingerprint density at radius 1 is 1.04 bits per heavy atom. The topological polar surface area (TPSA) is 78.4 Å². The van der Waals surface area contributed by atoms with Crippen molar-refractivity contribution in [2.45, 2.75) is 13.8 Å². The van der Waals surface area contributed by atoms with Gasteiger partial charge in [-0.2, -0.15) is 0 Å². The number of aromatic nitrogens is 2. The molecule has 0 unspecified atom stereocenters. The van der Waals surface area contributed by atoms with Crippen molar-refractivity contribution in [2.24, 2.45) is 0 Å². The summed E-state index contributed by atoms with van der Waals surface area (Å²) in [5, 5.41) is 2.58. The summed E-state index contributed by atoms with van der Waals surface area (Å²) < 4.78 is 27.7. The number of hydrogen-bond donors (Lipinski definition) is 1. The van der Waals surface area contributed by atoms with Crippen LogP contribution in [0.25, 0.3) is 0 Å². The smallest absolute Gasteiger partial charge is 0.272 e. The molecule has 2 heterocycles. The largest absolute Gasteiger partial charge is 0.339 e. The predicted molar refractivity (Wildman–Crippen MR) is 94.6 cm³/mol. The number of halogens is 2. The number of aryl methyl sites for hydroxylation is 1. The van der Waals surface area contributed by atoms with Gasteiger partial charge in [0.2, 0.25) is 5.91 Å². The van der Waals surface area contributed by atoms with Crippen LogP contribution in [0.15, 0.2) is 24.3 Å². The van der Waals surface area contributed by atoms with Crippen LogP contribution in [-0.2, 0) is 4.79 Å². The number of para-hydroxylation sites is 1. The van der Waals surface area contributed by atoms with E-state index in [1.54, 1.807) is 16.7 Å². The Balaban J connectivity index is 1.79. The molecule has 142 valence electrons. The molecule has 0 atom stereocenters. The molecular formula is C18H19F2N5O2. The van der Waals surface area contributed by atoms with E-state index in [2.05, 4.69) is 15.3 Å². The van der Waals surface area contributed by atoms with Gasteiger partial charge in [-0.25, -0.2) is 18.7 Å². The van der Waals surface area contributed by atoms with Crippen LogP contribution < -0.4 is 5.32 Å². The number of nitrogens with one attached hydrogen (secondary N) is 1. The lowest BCUT2D eigenvalue weighted by Crippen LogP contribution is -2.50. The normalized spacial score (nSPS) is 14.2. The Kier molecular flexibility index (Phi) is 5.29. The highest BCUT2D eigenvalue weighted by molar-refractivity contribution is 5.93. The molecular weight excluding hydrogens is 356 g/mol. The fraction of sp³-hybridized carbons (Fsp3) is 0.333. The molecule has 1 aliphatic heterocycles. The van der Waals surface area contributed by atoms with Crippen molar-refractivity contribution in [2.75, 3.05) is 31.5 Å². The summed E-state index contributed by atoms with van der Waals surface area (Å²) in [6, 6.07) is 4.87. The molecule has 0 radical (unpaired) electrons. The van der Waals surface area contributed by atoms with Crippen LogP contribution in [0.5, 0.6) is 0 Å². The SMILES string of the molecule is CC(=O)N1CCN(C(=O)c2cc(Nc3c(F)cccc3F)nc(C)n2)CC1. The number of anilines is 2. The summed E-state index contributed by atoms with van der Waals surface area (Å²) in [6.45, 7) is 4.78. The van der Waals surface area contributed by atoms with Crippen molar-refractivity contribution >= 4 is 23.3 Å². The summed E-state index contributed by atoms with van der Waals surface area (Å²) in [4.78, 5) is 35.6. The fourth-order valence-corrected chi connectivity index (χ4v) is 2.87. The lowest BCUT2D eigenvalue weighted by Gasteiger charge is -2.34. The first-order valence-corrected chi connectivity index (χ1v) is 8.46. The minimum atomic E-state index is -0.764. The molecule has 0 saturated carbocycles. The van der Waals surface area contributed by atoms with Crippen molar-refractivity contribution in [3.63, 3.8) is 0 Å². The number of nitrogens with zero attached hydrogens (tertiary/aromatic N) is 4. The molecule has 3 rings (SSSR count). The summed E-state index contributed by atoms with van der Waals surface area (Å²) in [6.07, 6.45) is 0. The van der Waals surface area contributed by atoms with E-state index in [0.29, 0.717) is 32.0 Å². The predicted octanol–water partition coefficient (Wildman–Crippen LogP) is 2.11. The standard InChI is InChI=1S/C18H19F2N5O2/c1-11-21-15(18(27)25-8-6-24(7-9-25)12(2)26)10-16(22-11)23-17-13(19)4-3-5-14(17)20/h3-5,10H,6-9H2,1-2H3,(H,21,22,23). The molecule has 1 aromatic carbocycles. The van der Waals surface area contributed by atoms with Crippen molar-refractivity contribution in [3.8, 4) is 0 Å². The van der Waals surface area contributed by atoms with E-state index < -0.39 is 11.6 Å². The van der Waals surface area contributed by atoms with Crippen molar-refractivity contribution in [3.05, 3.63) is 47.4 Å². The van der Waals surface area contributed by atoms with Crippen LogP contribution in [0.3, 0.4) is 0 Å². The molecule has 27 heavy (non-hydrogen) atoms. The van der Waals surface area contributed by atoms with Crippen molar-refractivity contribution in [1.82, 2.24) is 19.8 Å². The lowest BCUT2D eigenvalue weighted by molar-refractivity contribution is -0.130.